The Morgan fingerprint density at radius 3 is 2.44 bits per heavy atom. The van der Waals surface area contributed by atoms with Crippen molar-refractivity contribution >= 4 is 11.8 Å². The lowest BCUT2D eigenvalue weighted by Crippen LogP contribution is -2.48. The average molecular weight is 344 g/mol. The van der Waals surface area contributed by atoms with E-state index in [2.05, 4.69) is 21.9 Å². The van der Waals surface area contributed by atoms with Crippen molar-refractivity contribution in [1.82, 2.24) is 24.6 Å². The van der Waals surface area contributed by atoms with E-state index in [0.29, 0.717) is 19.0 Å². The summed E-state index contributed by atoms with van der Waals surface area (Å²) < 4.78 is 1.78. The van der Waals surface area contributed by atoms with Crippen LogP contribution in [0.15, 0.2) is 12.1 Å². The van der Waals surface area contributed by atoms with Gasteiger partial charge in [0.1, 0.15) is 5.82 Å². The van der Waals surface area contributed by atoms with E-state index in [9.17, 15) is 4.79 Å². The third-order valence-electron chi connectivity index (χ3n) is 4.37. The maximum absolute atomic E-state index is 10.9. The molecular weight excluding hydrogens is 320 g/mol. The van der Waals surface area contributed by atoms with Crippen LogP contribution >= 0.6 is 0 Å². The molecule has 134 valence electrons. The van der Waals surface area contributed by atoms with E-state index in [1.54, 1.807) is 4.68 Å². The maximum atomic E-state index is 10.9. The van der Waals surface area contributed by atoms with Gasteiger partial charge in [-0.2, -0.15) is 10.1 Å². The van der Waals surface area contributed by atoms with Crippen LogP contribution in [-0.2, 0) is 11.2 Å². The Labute approximate surface area is 147 Å². The van der Waals surface area contributed by atoms with Crippen molar-refractivity contribution < 1.29 is 9.90 Å². The number of aliphatic carboxylic acids is 1. The van der Waals surface area contributed by atoms with E-state index in [-0.39, 0.29) is 6.54 Å². The van der Waals surface area contributed by atoms with Gasteiger partial charge in [-0.05, 0) is 26.3 Å². The minimum absolute atomic E-state index is 0.0921. The molecule has 2 aromatic heterocycles. The van der Waals surface area contributed by atoms with Gasteiger partial charge in [-0.25, -0.2) is 9.67 Å². The number of aromatic nitrogens is 4. The summed E-state index contributed by atoms with van der Waals surface area (Å²) in [6.45, 7) is 9.05. The number of hydrogen-bond acceptors (Lipinski definition) is 6. The van der Waals surface area contributed by atoms with Crippen molar-refractivity contribution in [3.63, 3.8) is 0 Å². The molecule has 0 aromatic carbocycles. The highest BCUT2D eigenvalue weighted by Crippen LogP contribution is 2.18. The Morgan fingerprint density at radius 1 is 1.16 bits per heavy atom. The largest absolute Gasteiger partial charge is 0.480 e. The third-order valence-corrected chi connectivity index (χ3v) is 4.37. The first-order valence-corrected chi connectivity index (χ1v) is 8.57. The summed E-state index contributed by atoms with van der Waals surface area (Å²) in [5.41, 5.74) is 2.91. The maximum Gasteiger partial charge on any atom is 0.317 e. The summed E-state index contributed by atoms with van der Waals surface area (Å²) in [6, 6.07) is 4.02. The fourth-order valence-electron chi connectivity index (χ4n) is 3.07. The zero-order valence-electron chi connectivity index (χ0n) is 14.9. The number of rotatable bonds is 5. The number of carbonyl (C=O) groups is 1. The van der Waals surface area contributed by atoms with Crippen LogP contribution in [0.25, 0.3) is 5.95 Å². The molecule has 2 aromatic rings. The van der Waals surface area contributed by atoms with Gasteiger partial charge in [0, 0.05) is 43.6 Å². The molecule has 0 bridgehead atoms. The standard InChI is InChI=1S/C17H24N6O2/c1-4-14-10-15(22-7-5-21(6-8-22)11-16(24)25)19-17(18-14)23-13(3)9-12(2)20-23/h9-10H,4-8,11H2,1-3H3,(H,24,25). The smallest absolute Gasteiger partial charge is 0.317 e. The molecule has 0 radical (unpaired) electrons. The highest BCUT2D eigenvalue weighted by atomic mass is 16.4. The SMILES string of the molecule is CCc1cc(N2CCN(CC(=O)O)CC2)nc(-n2nc(C)cc2C)n1. The first-order valence-electron chi connectivity index (χ1n) is 8.57. The third kappa shape index (κ3) is 3.96. The first-order chi connectivity index (χ1) is 12.0. The van der Waals surface area contributed by atoms with E-state index < -0.39 is 5.97 Å². The molecule has 0 aliphatic carbocycles. The molecule has 0 unspecified atom stereocenters. The fraction of sp³-hybridized carbons (Fsp3) is 0.529. The second-order valence-corrected chi connectivity index (χ2v) is 6.37. The van der Waals surface area contributed by atoms with Crippen LogP contribution in [0.3, 0.4) is 0 Å². The van der Waals surface area contributed by atoms with Crippen molar-refractivity contribution in [2.24, 2.45) is 0 Å². The average Bonchev–Trinajstić information content (AvgIpc) is 2.93. The molecule has 1 aliphatic rings. The van der Waals surface area contributed by atoms with Crippen LogP contribution in [0.2, 0.25) is 0 Å². The lowest BCUT2D eigenvalue weighted by molar-refractivity contribution is -0.138. The Bertz CT molecular complexity index is 764. The quantitative estimate of drug-likeness (QED) is 0.867. The number of carboxylic acids is 1. The molecule has 0 spiro atoms. The van der Waals surface area contributed by atoms with Crippen LogP contribution < -0.4 is 4.90 Å². The highest BCUT2D eigenvalue weighted by molar-refractivity contribution is 5.69. The Hall–Kier alpha value is -2.48. The van der Waals surface area contributed by atoms with Gasteiger partial charge >= 0.3 is 5.97 Å². The van der Waals surface area contributed by atoms with Gasteiger partial charge < -0.3 is 10.0 Å². The summed E-state index contributed by atoms with van der Waals surface area (Å²) in [5, 5.41) is 13.4. The molecule has 0 saturated carbocycles. The van der Waals surface area contributed by atoms with Gasteiger partial charge in [0.2, 0.25) is 0 Å². The molecule has 1 N–H and O–H groups in total. The van der Waals surface area contributed by atoms with Gasteiger partial charge in [0.25, 0.3) is 5.95 Å². The minimum atomic E-state index is -0.782. The van der Waals surface area contributed by atoms with E-state index in [1.807, 2.05) is 30.9 Å². The van der Waals surface area contributed by atoms with E-state index in [4.69, 9.17) is 10.1 Å². The van der Waals surface area contributed by atoms with Gasteiger partial charge in [-0.1, -0.05) is 6.92 Å². The molecule has 3 rings (SSSR count). The zero-order valence-corrected chi connectivity index (χ0v) is 14.9. The normalized spacial score (nSPS) is 15.6. The molecule has 0 amide bonds. The summed E-state index contributed by atoms with van der Waals surface area (Å²) in [5.74, 6) is 0.688. The summed E-state index contributed by atoms with van der Waals surface area (Å²) in [4.78, 5) is 24.3. The van der Waals surface area contributed by atoms with Crippen molar-refractivity contribution in [3.8, 4) is 5.95 Å². The van der Waals surface area contributed by atoms with Gasteiger partial charge in [-0.3, -0.25) is 9.69 Å². The Kier molecular flexibility index (Phi) is 4.98. The Balaban J connectivity index is 1.84. The second-order valence-electron chi connectivity index (χ2n) is 6.37. The number of hydrogen-bond donors (Lipinski definition) is 1. The zero-order chi connectivity index (χ0) is 18.0. The molecule has 3 heterocycles. The first kappa shape index (κ1) is 17.3. The topological polar surface area (TPSA) is 87.4 Å². The van der Waals surface area contributed by atoms with Crippen LogP contribution in [0.1, 0.15) is 24.0 Å². The van der Waals surface area contributed by atoms with E-state index in [0.717, 1.165) is 42.4 Å². The number of nitrogens with zero attached hydrogens (tertiary/aromatic N) is 6. The van der Waals surface area contributed by atoms with Crippen LogP contribution in [0, 0.1) is 13.8 Å². The van der Waals surface area contributed by atoms with Gasteiger partial charge in [0.05, 0.1) is 12.2 Å². The van der Waals surface area contributed by atoms with E-state index >= 15 is 0 Å². The number of anilines is 1. The summed E-state index contributed by atoms with van der Waals surface area (Å²) >= 11 is 0. The van der Waals surface area contributed by atoms with Crippen LogP contribution in [0.5, 0.6) is 0 Å². The van der Waals surface area contributed by atoms with Crippen molar-refractivity contribution in [2.75, 3.05) is 37.6 Å². The van der Waals surface area contributed by atoms with Crippen LogP contribution in [0.4, 0.5) is 5.82 Å². The lowest BCUT2D eigenvalue weighted by atomic mass is 10.2. The molecule has 8 nitrogen and oxygen atoms in total. The lowest BCUT2D eigenvalue weighted by Gasteiger charge is -2.34. The molecule has 1 aliphatic heterocycles. The minimum Gasteiger partial charge on any atom is -0.480 e. The number of carboxylic acid groups (broad SMARTS) is 1. The molecular formula is C17H24N6O2. The van der Waals surface area contributed by atoms with Gasteiger partial charge in [-0.15, -0.1) is 0 Å². The van der Waals surface area contributed by atoms with Crippen molar-refractivity contribution in [1.29, 1.82) is 0 Å². The van der Waals surface area contributed by atoms with Gasteiger partial charge in [0.15, 0.2) is 0 Å². The predicted molar refractivity (Wildman–Crippen MR) is 94.3 cm³/mol. The summed E-state index contributed by atoms with van der Waals surface area (Å²) in [7, 11) is 0. The monoisotopic (exact) mass is 344 g/mol. The number of piperazine rings is 1. The van der Waals surface area contributed by atoms with Crippen LogP contribution in [-0.4, -0.2) is 68.4 Å². The van der Waals surface area contributed by atoms with E-state index in [1.165, 1.54) is 0 Å². The summed E-state index contributed by atoms with van der Waals surface area (Å²) in [6.07, 6.45) is 0.820. The second kappa shape index (κ2) is 7.18. The Morgan fingerprint density at radius 2 is 1.88 bits per heavy atom. The number of aryl methyl sites for hydroxylation is 3. The predicted octanol–water partition coefficient (Wildman–Crippen LogP) is 1.05. The fourth-order valence-corrected chi connectivity index (χ4v) is 3.07. The molecule has 8 heteroatoms. The molecule has 1 fully saturated rings. The molecule has 25 heavy (non-hydrogen) atoms. The van der Waals surface area contributed by atoms with Crippen molar-refractivity contribution in [2.45, 2.75) is 27.2 Å². The van der Waals surface area contributed by atoms with Crippen molar-refractivity contribution in [3.05, 3.63) is 29.2 Å². The molecule has 1 saturated heterocycles. The molecule has 0 atom stereocenters. The highest BCUT2D eigenvalue weighted by Gasteiger charge is 2.21.